The van der Waals surface area contributed by atoms with Gasteiger partial charge >= 0.3 is 0 Å². The summed E-state index contributed by atoms with van der Waals surface area (Å²) in [6.45, 7) is 0. The van der Waals surface area contributed by atoms with Gasteiger partial charge in [-0.3, -0.25) is 4.98 Å². The summed E-state index contributed by atoms with van der Waals surface area (Å²) in [6, 6.07) is 13.5. The Morgan fingerprint density at radius 2 is 1.89 bits per heavy atom. The van der Waals surface area contributed by atoms with Gasteiger partial charge in [0.05, 0.1) is 5.60 Å². The Hall–Kier alpha value is -1.38. The normalized spacial score (nSPS) is 14.1. The second-order valence-corrected chi connectivity index (χ2v) is 4.75. The fourth-order valence-electron chi connectivity index (χ4n) is 2.08. The van der Waals surface area contributed by atoms with Gasteiger partial charge in [0.1, 0.15) is 0 Å². The summed E-state index contributed by atoms with van der Waals surface area (Å²) < 4.78 is 0. The van der Waals surface area contributed by atoms with E-state index >= 15 is 0 Å². The maximum atomic E-state index is 10.8. The van der Waals surface area contributed by atoms with Crippen LogP contribution in [-0.2, 0) is 12.0 Å². The molecule has 2 rings (SSSR count). The van der Waals surface area contributed by atoms with Crippen LogP contribution in [0.3, 0.4) is 0 Å². The summed E-state index contributed by atoms with van der Waals surface area (Å²) in [5.74, 6) is 0.422. The number of rotatable bonds is 5. The Balaban J connectivity index is 2.27. The molecule has 1 N–H and O–H groups in total. The molecule has 94 valence electrons. The summed E-state index contributed by atoms with van der Waals surface area (Å²) in [5.41, 5.74) is 0.981. The third kappa shape index (κ3) is 3.09. The lowest BCUT2D eigenvalue weighted by Gasteiger charge is -2.28. The van der Waals surface area contributed by atoms with Gasteiger partial charge < -0.3 is 5.11 Å². The quantitative estimate of drug-likeness (QED) is 0.839. The van der Waals surface area contributed by atoms with E-state index in [0.717, 1.165) is 11.1 Å². The van der Waals surface area contributed by atoms with Gasteiger partial charge in [0, 0.05) is 24.7 Å². The molecule has 18 heavy (non-hydrogen) atoms. The molecule has 1 unspecified atom stereocenters. The Kier molecular flexibility index (Phi) is 4.34. The van der Waals surface area contributed by atoms with Crippen LogP contribution in [0, 0.1) is 0 Å². The molecule has 0 saturated carbocycles. The molecule has 2 nitrogen and oxygen atoms in total. The van der Waals surface area contributed by atoms with Gasteiger partial charge in [0.25, 0.3) is 0 Å². The first-order chi connectivity index (χ1) is 8.74. The van der Waals surface area contributed by atoms with Crippen molar-refractivity contribution in [1.82, 2.24) is 4.98 Å². The molecule has 1 heterocycles. The fourth-order valence-corrected chi connectivity index (χ4v) is 2.39. The van der Waals surface area contributed by atoms with E-state index in [-0.39, 0.29) is 0 Å². The maximum absolute atomic E-state index is 10.8. The van der Waals surface area contributed by atoms with Crippen molar-refractivity contribution >= 4 is 11.6 Å². The van der Waals surface area contributed by atoms with E-state index in [4.69, 9.17) is 11.6 Å². The number of alkyl halides is 1. The maximum Gasteiger partial charge on any atom is 0.0948 e. The van der Waals surface area contributed by atoms with Crippen LogP contribution < -0.4 is 0 Å². The average molecular weight is 262 g/mol. The molecule has 0 aliphatic carbocycles. The second-order valence-electron chi connectivity index (χ2n) is 4.37. The molecular weight excluding hydrogens is 246 g/mol. The van der Waals surface area contributed by atoms with Crippen molar-refractivity contribution in [3.63, 3.8) is 0 Å². The topological polar surface area (TPSA) is 33.1 Å². The van der Waals surface area contributed by atoms with Crippen LogP contribution in [0.15, 0.2) is 54.9 Å². The van der Waals surface area contributed by atoms with Crippen molar-refractivity contribution in [3.8, 4) is 0 Å². The van der Waals surface area contributed by atoms with Gasteiger partial charge in [-0.25, -0.2) is 0 Å². The number of hydrogen-bond acceptors (Lipinski definition) is 2. The summed E-state index contributed by atoms with van der Waals surface area (Å²) in [4.78, 5) is 4.08. The van der Waals surface area contributed by atoms with Gasteiger partial charge in [-0.15, -0.1) is 11.6 Å². The second kappa shape index (κ2) is 5.98. The molecule has 2 aromatic rings. The minimum atomic E-state index is -0.925. The minimum Gasteiger partial charge on any atom is -0.385 e. The van der Waals surface area contributed by atoms with E-state index in [1.807, 2.05) is 42.5 Å². The Labute approximate surface area is 112 Å². The molecule has 0 fully saturated rings. The Morgan fingerprint density at radius 3 is 2.50 bits per heavy atom. The van der Waals surface area contributed by atoms with Crippen LogP contribution in [0.1, 0.15) is 17.5 Å². The molecule has 1 atom stereocenters. The van der Waals surface area contributed by atoms with E-state index in [9.17, 15) is 5.11 Å². The summed E-state index contributed by atoms with van der Waals surface area (Å²) in [7, 11) is 0. The van der Waals surface area contributed by atoms with Crippen LogP contribution in [0.5, 0.6) is 0 Å². The number of benzene rings is 1. The van der Waals surface area contributed by atoms with Gasteiger partial charge in [-0.05, 0) is 23.6 Å². The van der Waals surface area contributed by atoms with Crippen LogP contribution >= 0.6 is 11.6 Å². The first-order valence-electron chi connectivity index (χ1n) is 5.97. The van der Waals surface area contributed by atoms with Gasteiger partial charge in [-0.1, -0.05) is 36.4 Å². The third-order valence-electron chi connectivity index (χ3n) is 3.04. The van der Waals surface area contributed by atoms with Gasteiger partial charge in [-0.2, -0.15) is 0 Å². The van der Waals surface area contributed by atoms with Crippen molar-refractivity contribution in [2.45, 2.75) is 18.4 Å². The number of hydrogen-bond donors (Lipinski definition) is 1. The lowest BCUT2D eigenvalue weighted by atomic mass is 9.85. The lowest BCUT2D eigenvalue weighted by Crippen LogP contribution is -2.29. The summed E-state index contributed by atoms with van der Waals surface area (Å²) >= 11 is 5.83. The molecule has 3 heteroatoms. The predicted molar refractivity (Wildman–Crippen MR) is 73.6 cm³/mol. The Morgan fingerprint density at radius 1 is 1.11 bits per heavy atom. The van der Waals surface area contributed by atoms with Crippen molar-refractivity contribution in [2.24, 2.45) is 0 Å². The predicted octanol–water partition coefficient (Wildman–Crippen LogP) is 3.14. The largest absolute Gasteiger partial charge is 0.385 e. The van der Waals surface area contributed by atoms with Crippen LogP contribution in [-0.4, -0.2) is 16.0 Å². The zero-order chi connectivity index (χ0) is 12.8. The van der Waals surface area contributed by atoms with E-state index in [1.54, 1.807) is 12.4 Å². The molecule has 0 saturated heterocycles. The van der Waals surface area contributed by atoms with E-state index in [2.05, 4.69) is 4.98 Å². The van der Waals surface area contributed by atoms with Crippen LogP contribution in [0.4, 0.5) is 0 Å². The number of aromatic nitrogens is 1. The van der Waals surface area contributed by atoms with Crippen molar-refractivity contribution in [2.75, 3.05) is 5.88 Å². The first kappa shape index (κ1) is 13.1. The highest BCUT2D eigenvalue weighted by atomic mass is 35.5. The highest BCUT2D eigenvalue weighted by Crippen LogP contribution is 2.29. The fraction of sp³-hybridized carbons (Fsp3) is 0.267. The van der Waals surface area contributed by atoms with Crippen LogP contribution in [0.2, 0.25) is 0 Å². The molecule has 0 spiro atoms. The minimum absolute atomic E-state index is 0.422. The first-order valence-corrected chi connectivity index (χ1v) is 6.51. The Bertz CT molecular complexity index is 474. The molecule has 0 aliphatic rings. The van der Waals surface area contributed by atoms with E-state index < -0.39 is 5.60 Å². The standard InChI is InChI=1S/C15H16ClNO/c16-9-8-15(18,14-6-2-1-3-7-14)11-13-5-4-10-17-12-13/h1-7,10,12,18H,8-9,11H2. The van der Waals surface area contributed by atoms with E-state index in [0.29, 0.717) is 18.7 Å². The summed E-state index contributed by atoms with van der Waals surface area (Å²) in [5, 5.41) is 10.8. The molecule has 0 radical (unpaired) electrons. The van der Waals surface area contributed by atoms with Gasteiger partial charge in [0.2, 0.25) is 0 Å². The number of pyridine rings is 1. The SMILES string of the molecule is OC(CCCl)(Cc1cccnc1)c1ccccc1. The van der Waals surface area contributed by atoms with E-state index in [1.165, 1.54) is 0 Å². The molecule has 1 aromatic carbocycles. The van der Waals surface area contributed by atoms with Gasteiger partial charge in [0.15, 0.2) is 0 Å². The highest BCUT2D eigenvalue weighted by molar-refractivity contribution is 6.17. The summed E-state index contributed by atoms with van der Waals surface area (Å²) in [6.07, 6.45) is 4.56. The lowest BCUT2D eigenvalue weighted by molar-refractivity contribution is 0.0336. The molecular formula is C15H16ClNO. The average Bonchev–Trinajstić information content (AvgIpc) is 2.41. The molecule has 0 amide bonds. The number of halogens is 1. The third-order valence-corrected chi connectivity index (χ3v) is 3.23. The van der Waals surface area contributed by atoms with Crippen molar-refractivity contribution in [3.05, 3.63) is 66.0 Å². The molecule has 0 aliphatic heterocycles. The van der Waals surface area contributed by atoms with Crippen molar-refractivity contribution < 1.29 is 5.11 Å². The number of aliphatic hydroxyl groups is 1. The highest BCUT2D eigenvalue weighted by Gasteiger charge is 2.28. The molecule has 1 aromatic heterocycles. The zero-order valence-corrected chi connectivity index (χ0v) is 10.8. The number of nitrogens with zero attached hydrogens (tertiary/aromatic N) is 1. The van der Waals surface area contributed by atoms with Crippen LogP contribution in [0.25, 0.3) is 0 Å². The zero-order valence-electron chi connectivity index (χ0n) is 10.1. The van der Waals surface area contributed by atoms with Crippen molar-refractivity contribution in [1.29, 1.82) is 0 Å². The molecule has 0 bridgehead atoms. The monoisotopic (exact) mass is 261 g/mol. The smallest absolute Gasteiger partial charge is 0.0948 e.